The lowest BCUT2D eigenvalue weighted by atomic mass is 10.1. The van der Waals surface area contributed by atoms with E-state index in [9.17, 15) is 14.0 Å². The number of amides is 1. The van der Waals surface area contributed by atoms with Crippen molar-refractivity contribution in [3.8, 4) is 5.75 Å². The molecule has 3 aromatic rings. The van der Waals surface area contributed by atoms with Crippen molar-refractivity contribution in [3.05, 3.63) is 69.8 Å². The van der Waals surface area contributed by atoms with Crippen LogP contribution in [-0.4, -0.2) is 12.5 Å². The molecule has 0 spiro atoms. The highest BCUT2D eigenvalue weighted by Crippen LogP contribution is 2.29. The number of hydrogen-bond donors (Lipinski definition) is 1. The summed E-state index contributed by atoms with van der Waals surface area (Å²) in [4.78, 5) is 24.0. The van der Waals surface area contributed by atoms with E-state index in [0.29, 0.717) is 11.3 Å². The molecule has 4 rings (SSSR count). The van der Waals surface area contributed by atoms with Crippen molar-refractivity contribution in [2.75, 3.05) is 11.9 Å². The SMILES string of the molecule is O=C(COc1ccc2c3c(c(=O)oc2c1)CCC3)Nc1ccccc1F. The Bertz CT molecular complexity index is 1060. The fourth-order valence-corrected chi connectivity index (χ4v) is 3.25. The van der Waals surface area contributed by atoms with Crippen molar-refractivity contribution < 1.29 is 18.3 Å². The molecule has 2 aromatic carbocycles. The molecule has 1 aliphatic carbocycles. The first-order chi connectivity index (χ1) is 12.6. The van der Waals surface area contributed by atoms with Gasteiger partial charge in [0.15, 0.2) is 6.61 Å². The molecule has 1 N–H and O–H groups in total. The maximum atomic E-state index is 13.5. The first-order valence-electron chi connectivity index (χ1n) is 8.37. The number of para-hydroxylation sites is 1. The third-order valence-electron chi connectivity index (χ3n) is 4.46. The Morgan fingerprint density at radius 2 is 1.96 bits per heavy atom. The van der Waals surface area contributed by atoms with Crippen molar-refractivity contribution in [2.45, 2.75) is 19.3 Å². The van der Waals surface area contributed by atoms with Crippen LogP contribution in [0, 0.1) is 5.82 Å². The highest BCUT2D eigenvalue weighted by atomic mass is 19.1. The zero-order valence-corrected chi connectivity index (χ0v) is 13.9. The molecule has 1 amide bonds. The van der Waals surface area contributed by atoms with Crippen LogP contribution in [0.3, 0.4) is 0 Å². The van der Waals surface area contributed by atoms with E-state index in [0.717, 1.165) is 35.8 Å². The minimum absolute atomic E-state index is 0.0983. The quantitative estimate of drug-likeness (QED) is 0.730. The van der Waals surface area contributed by atoms with Crippen LogP contribution in [0.15, 0.2) is 51.7 Å². The number of carbonyl (C=O) groups excluding carboxylic acids is 1. The van der Waals surface area contributed by atoms with E-state index in [4.69, 9.17) is 9.15 Å². The summed E-state index contributed by atoms with van der Waals surface area (Å²) in [5, 5.41) is 3.35. The van der Waals surface area contributed by atoms with Crippen LogP contribution in [0.1, 0.15) is 17.5 Å². The number of aryl methyl sites for hydroxylation is 1. The van der Waals surface area contributed by atoms with Crippen molar-refractivity contribution in [3.63, 3.8) is 0 Å². The zero-order valence-electron chi connectivity index (χ0n) is 13.9. The van der Waals surface area contributed by atoms with E-state index in [1.807, 2.05) is 6.07 Å². The van der Waals surface area contributed by atoms with Gasteiger partial charge in [0.1, 0.15) is 17.1 Å². The number of anilines is 1. The monoisotopic (exact) mass is 353 g/mol. The van der Waals surface area contributed by atoms with Gasteiger partial charge in [0.2, 0.25) is 0 Å². The fourth-order valence-electron chi connectivity index (χ4n) is 3.25. The van der Waals surface area contributed by atoms with Crippen LogP contribution in [0.4, 0.5) is 10.1 Å². The molecule has 5 nitrogen and oxygen atoms in total. The minimum atomic E-state index is -0.512. The molecule has 1 heterocycles. The summed E-state index contributed by atoms with van der Waals surface area (Å²) < 4.78 is 24.4. The Balaban J connectivity index is 1.49. The Morgan fingerprint density at radius 1 is 1.15 bits per heavy atom. The second-order valence-electron chi connectivity index (χ2n) is 6.17. The van der Waals surface area contributed by atoms with E-state index in [1.165, 1.54) is 12.1 Å². The number of nitrogens with one attached hydrogen (secondary N) is 1. The first kappa shape index (κ1) is 16.3. The normalized spacial score (nSPS) is 12.8. The average Bonchev–Trinajstić information content (AvgIpc) is 3.12. The van der Waals surface area contributed by atoms with Gasteiger partial charge < -0.3 is 14.5 Å². The summed E-state index contributed by atoms with van der Waals surface area (Å²) in [6.45, 7) is -0.283. The Hall–Kier alpha value is -3.15. The molecule has 1 aliphatic rings. The Kier molecular flexibility index (Phi) is 4.16. The fraction of sp³-hybridized carbons (Fsp3) is 0.200. The molecular formula is C20H16FNO4. The average molecular weight is 353 g/mol. The molecule has 0 saturated carbocycles. The van der Waals surface area contributed by atoms with Gasteiger partial charge in [0.05, 0.1) is 5.69 Å². The smallest absolute Gasteiger partial charge is 0.339 e. The largest absolute Gasteiger partial charge is 0.484 e. The van der Waals surface area contributed by atoms with Crippen LogP contribution < -0.4 is 15.7 Å². The summed E-state index contributed by atoms with van der Waals surface area (Å²) in [5.41, 5.74) is 2.04. The van der Waals surface area contributed by atoms with Crippen molar-refractivity contribution >= 4 is 22.6 Å². The highest BCUT2D eigenvalue weighted by Gasteiger charge is 2.19. The van der Waals surface area contributed by atoms with Gasteiger partial charge in [-0.25, -0.2) is 9.18 Å². The molecule has 0 atom stereocenters. The number of ether oxygens (including phenoxy) is 1. The number of hydrogen-bond acceptors (Lipinski definition) is 4. The molecule has 6 heteroatoms. The number of carbonyl (C=O) groups is 1. The van der Waals surface area contributed by atoms with Crippen LogP contribution in [0.25, 0.3) is 11.0 Å². The molecule has 0 unspecified atom stereocenters. The van der Waals surface area contributed by atoms with E-state index in [-0.39, 0.29) is 17.9 Å². The van der Waals surface area contributed by atoms with Gasteiger partial charge in [0.25, 0.3) is 5.91 Å². The topological polar surface area (TPSA) is 68.5 Å². The third-order valence-corrected chi connectivity index (χ3v) is 4.46. The number of halogens is 1. The molecule has 0 fully saturated rings. The first-order valence-corrected chi connectivity index (χ1v) is 8.37. The van der Waals surface area contributed by atoms with Crippen LogP contribution in [-0.2, 0) is 17.6 Å². The predicted molar refractivity (Wildman–Crippen MR) is 95.0 cm³/mol. The standard InChI is InChI=1S/C20H16FNO4/c21-16-6-1-2-7-17(16)22-19(23)11-25-12-8-9-14-13-4-3-5-15(13)20(24)26-18(14)10-12/h1-2,6-10H,3-5,11H2,(H,22,23). The van der Waals surface area contributed by atoms with Crippen LogP contribution in [0.2, 0.25) is 0 Å². The second kappa shape index (κ2) is 6.63. The summed E-state index contributed by atoms with van der Waals surface area (Å²) in [6, 6.07) is 11.1. The van der Waals surface area contributed by atoms with Gasteiger partial charge >= 0.3 is 5.63 Å². The lowest BCUT2D eigenvalue weighted by Crippen LogP contribution is -2.20. The number of benzene rings is 2. The molecule has 0 radical (unpaired) electrons. The van der Waals surface area contributed by atoms with E-state index < -0.39 is 11.7 Å². The summed E-state index contributed by atoms with van der Waals surface area (Å²) in [5.74, 6) is -0.588. The predicted octanol–water partition coefficient (Wildman–Crippen LogP) is 3.44. The molecule has 132 valence electrons. The van der Waals surface area contributed by atoms with E-state index >= 15 is 0 Å². The molecule has 0 bridgehead atoms. The van der Waals surface area contributed by atoms with Gasteiger partial charge in [-0.15, -0.1) is 0 Å². The minimum Gasteiger partial charge on any atom is -0.484 e. The number of rotatable bonds is 4. The maximum Gasteiger partial charge on any atom is 0.339 e. The lowest BCUT2D eigenvalue weighted by Gasteiger charge is -2.09. The zero-order chi connectivity index (χ0) is 18.1. The van der Waals surface area contributed by atoms with E-state index in [2.05, 4.69) is 5.32 Å². The second-order valence-corrected chi connectivity index (χ2v) is 6.17. The summed E-state index contributed by atoms with van der Waals surface area (Å²) >= 11 is 0. The van der Waals surface area contributed by atoms with Gasteiger partial charge in [-0.2, -0.15) is 0 Å². The van der Waals surface area contributed by atoms with Gasteiger partial charge in [-0.05, 0) is 49.1 Å². The number of fused-ring (bicyclic) bond motifs is 3. The van der Waals surface area contributed by atoms with E-state index in [1.54, 1.807) is 24.3 Å². The lowest BCUT2D eigenvalue weighted by molar-refractivity contribution is -0.118. The molecule has 0 aliphatic heterocycles. The summed E-state index contributed by atoms with van der Waals surface area (Å²) in [6.07, 6.45) is 2.57. The summed E-state index contributed by atoms with van der Waals surface area (Å²) in [7, 11) is 0. The van der Waals surface area contributed by atoms with Gasteiger partial charge in [0, 0.05) is 17.0 Å². The van der Waals surface area contributed by atoms with Gasteiger partial charge in [-0.3, -0.25) is 4.79 Å². The van der Waals surface area contributed by atoms with Crippen molar-refractivity contribution in [1.82, 2.24) is 0 Å². The Labute approximate surface area is 148 Å². The molecule has 0 saturated heterocycles. The Morgan fingerprint density at radius 3 is 2.81 bits per heavy atom. The molecule has 26 heavy (non-hydrogen) atoms. The molecule has 1 aromatic heterocycles. The highest BCUT2D eigenvalue weighted by molar-refractivity contribution is 5.92. The third kappa shape index (κ3) is 3.06. The van der Waals surface area contributed by atoms with Crippen LogP contribution in [0.5, 0.6) is 5.75 Å². The van der Waals surface area contributed by atoms with Gasteiger partial charge in [-0.1, -0.05) is 12.1 Å². The maximum absolute atomic E-state index is 13.5. The van der Waals surface area contributed by atoms with Crippen LogP contribution >= 0.6 is 0 Å². The van der Waals surface area contributed by atoms with Crippen molar-refractivity contribution in [1.29, 1.82) is 0 Å². The molecular weight excluding hydrogens is 337 g/mol. The van der Waals surface area contributed by atoms with Crippen molar-refractivity contribution in [2.24, 2.45) is 0 Å².